The van der Waals surface area contributed by atoms with E-state index in [9.17, 15) is 9.18 Å². The van der Waals surface area contributed by atoms with Gasteiger partial charge >= 0.3 is 0 Å². The van der Waals surface area contributed by atoms with Crippen molar-refractivity contribution < 1.29 is 13.9 Å². The summed E-state index contributed by atoms with van der Waals surface area (Å²) >= 11 is 0. The van der Waals surface area contributed by atoms with E-state index in [4.69, 9.17) is 4.74 Å². The number of hydrogen-bond acceptors (Lipinski definition) is 5. The van der Waals surface area contributed by atoms with E-state index in [1.165, 1.54) is 12.1 Å². The Balaban J connectivity index is 1.30. The molecule has 2 aliphatic rings. The Kier molecular flexibility index (Phi) is 5.75. The predicted octanol–water partition coefficient (Wildman–Crippen LogP) is 3.50. The molecule has 2 fully saturated rings. The van der Waals surface area contributed by atoms with Crippen LogP contribution in [0, 0.1) is 11.7 Å². The largest absolute Gasteiger partial charge is 0.489 e. The number of rotatable bonds is 6. The van der Waals surface area contributed by atoms with E-state index in [1.807, 2.05) is 54.6 Å². The molecule has 2 heterocycles. The van der Waals surface area contributed by atoms with Crippen LogP contribution in [-0.2, 0) is 11.4 Å². The first kappa shape index (κ1) is 20.5. The zero-order valence-corrected chi connectivity index (χ0v) is 17.4. The van der Waals surface area contributed by atoms with Crippen LogP contribution in [0.5, 0.6) is 5.75 Å². The average Bonchev–Trinajstić information content (AvgIpc) is 3.21. The Morgan fingerprint density at radius 3 is 2.44 bits per heavy atom. The lowest BCUT2D eigenvalue weighted by molar-refractivity contribution is -0.125. The third kappa shape index (κ3) is 4.44. The molecule has 32 heavy (non-hydrogen) atoms. The maximum atomic E-state index is 13.1. The number of halogens is 1. The molecule has 0 radical (unpaired) electrons. The topological polar surface area (TPSA) is 74.4 Å². The summed E-state index contributed by atoms with van der Waals surface area (Å²) in [6.45, 7) is 0.368. The molecule has 0 saturated carbocycles. The van der Waals surface area contributed by atoms with E-state index in [1.54, 1.807) is 12.1 Å². The summed E-state index contributed by atoms with van der Waals surface area (Å²) in [5, 5.41) is 6.58. The molecule has 7 heteroatoms. The van der Waals surface area contributed by atoms with E-state index in [0.29, 0.717) is 13.0 Å². The van der Waals surface area contributed by atoms with Crippen LogP contribution in [0.25, 0.3) is 0 Å². The van der Waals surface area contributed by atoms with Crippen LogP contribution in [0.2, 0.25) is 0 Å². The fraction of sp³-hybridized carbons (Fsp3) is 0.240. The minimum Gasteiger partial charge on any atom is -0.489 e. The number of fused-ring (bicyclic) bond motifs is 1. The molecule has 2 aliphatic heterocycles. The van der Waals surface area contributed by atoms with Crippen molar-refractivity contribution in [3.63, 3.8) is 0 Å². The van der Waals surface area contributed by atoms with Gasteiger partial charge in [0.05, 0.1) is 12.3 Å². The molecule has 1 amide bonds. The number of para-hydroxylation sites is 1. The Bertz CT molecular complexity index is 1060. The molecular weight excluding hydrogens is 407 g/mol. The number of carbonyl (C=O) groups is 1. The molecule has 0 spiro atoms. The van der Waals surface area contributed by atoms with Crippen molar-refractivity contribution in [2.24, 2.45) is 5.92 Å². The molecule has 3 aromatic carbocycles. The van der Waals surface area contributed by atoms with Crippen molar-refractivity contribution in [2.45, 2.75) is 31.3 Å². The van der Waals surface area contributed by atoms with Crippen molar-refractivity contribution in [2.75, 3.05) is 5.32 Å². The minimum absolute atomic E-state index is 0.0301. The first-order valence-electron chi connectivity index (χ1n) is 10.7. The summed E-state index contributed by atoms with van der Waals surface area (Å²) in [6, 6.07) is 24.2. The molecule has 0 bridgehead atoms. The monoisotopic (exact) mass is 432 g/mol. The van der Waals surface area contributed by atoms with E-state index in [2.05, 4.69) is 21.5 Å². The van der Waals surface area contributed by atoms with Crippen LogP contribution in [0.1, 0.15) is 23.5 Å². The van der Waals surface area contributed by atoms with E-state index >= 15 is 0 Å². The quantitative estimate of drug-likeness (QED) is 0.480. The lowest BCUT2D eigenvalue weighted by Crippen LogP contribution is -2.53. The van der Waals surface area contributed by atoms with Gasteiger partial charge in [-0.3, -0.25) is 4.79 Å². The van der Waals surface area contributed by atoms with Gasteiger partial charge in [-0.1, -0.05) is 42.5 Å². The van der Waals surface area contributed by atoms with E-state index < -0.39 is 0 Å². The molecule has 5 rings (SSSR count). The van der Waals surface area contributed by atoms with Crippen molar-refractivity contribution >= 4 is 11.6 Å². The van der Waals surface area contributed by atoms with Crippen molar-refractivity contribution in [3.05, 3.63) is 95.8 Å². The number of amides is 1. The number of ether oxygens (including phenoxy) is 1. The third-order valence-electron chi connectivity index (χ3n) is 6.07. The number of hydrazine groups is 1. The van der Waals surface area contributed by atoms with Gasteiger partial charge in [0.1, 0.15) is 18.2 Å². The van der Waals surface area contributed by atoms with Crippen molar-refractivity contribution in [1.29, 1.82) is 0 Å². The highest BCUT2D eigenvalue weighted by Gasteiger charge is 2.46. The van der Waals surface area contributed by atoms with Gasteiger partial charge in [0.25, 0.3) is 0 Å². The van der Waals surface area contributed by atoms with Crippen molar-refractivity contribution in [3.8, 4) is 5.75 Å². The molecule has 0 aliphatic carbocycles. The van der Waals surface area contributed by atoms with Crippen LogP contribution >= 0.6 is 0 Å². The smallest absolute Gasteiger partial charge is 0.221 e. The van der Waals surface area contributed by atoms with Gasteiger partial charge in [-0.2, -0.15) is 0 Å². The average molecular weight is 432 g/mol. The standard InChI is InChI=1S/C25H25FN4O2/c26-18-10-6-16(7-11-18)15-32-20-12-8-17(9-13-20)21-14-22(31)28-25-23(21)24(29-30-25)27-19-4-2-1-3-5-19/h1-13,21,23-25,27,29-30H,14-15H2,(H,28,31). The maximum Gasteiger partial charge on any atom is 0.221 e. The summed E-state index contributed by atoms with van der Waals surface area (Å²) in [4.78, 5) is 12.4. The lowest BCUT2D eigenvalue weighted by atomic mass is 9.78. The molecule has 4 N–H and O–H groups in total. The number of carbonyl (C=O) groups excluding carboxylic acids is 1. The summed E-state index contributed by atoms with van der Waals surface area (Å²) < 4.78 is 18.9. The molecule has 0 aromatic heterocycles. The van der Waals surface area contributed by atoms with E-state index in [-0.39, 0.29) is 35.9 Å². The van der Waals surface area contributed by atoms with Crippen LogP contribution in [0.4, 0.5) is 10.1 Å². The van der Waals surface area contributed by atoms with Gasteiger partial charge in [0.2, 0.25) is 5.91 Å². The SMILES string of the molecule is O=C1CC(c2ccc(OCc3ccc(F)cc3)cc2)C2C(NNC2Nc2ccccc2)N1. The second-order valence-corrected chi connectivity index (χ2v) is 8.19. The Morgan fingerprint density at radius 2 is 1.69 bits per heavy atom. The van der Waals surface area contributed by atoms with Gasteiger partial charge in [-0.15, -0.1) is 0 Å². The molecule has 4 atom stereocenters. The Labute approximate surface area is 186 Å². The molecule has 2 saturated heterocycles. The lowest BCUT2D eigenvalue weighted by Gasteiger charge is -2.36. The predicted molar refractivity (Wildman–Crippen MR) is 120 cm³/mol. The molecule has 6 nitrogen and oxygen atoms in total. The number of hydrogen-bond donors (Lipinski definition) is 4. The number of benzene rings is 3. The first-order chi connectivity index (χ1) is 15.7. The highest BCUT2D eigenvalue weighted by atomic mass is 19.1. The highest BCUT2D eigenvalue weighted by molar-refractivity contribution is 5.78. The van der Waals surface area contributed by atoms with Gasteiger partial charge < -0.3 is 15.4 Å². The zero-order valence-electron chi connectivity index (χ0n) is 17.4. The van der Waals surface area contributed by atoms with Gasteiger partial charge in [0.15, 0.2) is 0 Å². The normalized spacial score (nSPS) is 24.5. The summed E-state index contributed by atoms with van der Waals surface area (Å²) in [5.41, 5.74) is 9.53. The Hall–Kier alpha value is -3.42. The fourth-order valence-corrected chi connectivity index (χ4v) is 4.47. The maximum absolute atomic E-state index is 13.1. The number of piperidine rings is 1. The summed E-state index contributed by atoms with van der Waals surface area (Å²) in [7, 11) is 0. The first-order valence-corrected chi connectivity index (χ1v) is 10.7. The molecule has 164 valence electrons. The second-order valence-electron chi connectivity index (χ2n) is 8.19. The van der Waals surface area contributed by atoms with E-state index in [0.717, 1.165) is 22.6 Å². The van der Waals surface area contributed by atoms with Gasteiger partial charge in [0, 0.05) is 23.9 Å². The van der Waals surface area contributed by atoms with Crippen molar-refractivity contribution in [1.82, 2.24) is 16.2 Å². The van der Waals surface area contributed by atoms with Gasteiger partial charge in [-0.05, 0) is 47.5 Å². The summed E-state index contributed by atoms with van der Waals surface area (Å²) in [5.74, 6) is 0.672. The van der Waals surface area contributed by atoms with Crippen LogP contribution in [0.15, 0.2) is 78.9 Å². The Morgan fingerprint density at radius 1 is 0.938 bits per heavy atom. The minimum atomic E-state index is -0.260. The molecule has 4 unspecified atom stereocenters. The highest BCUT2D eigenvalue weighted by Crippen LogP contribution is 2.38. The summed E-state index contributed by atoms with van der Waals surface area (Å²) in [6.07, 6.45) is 0.229. The third-order valence-corrected chi connectivity index (χ3v) is 6.07. The van der Waals surface area contributed by atoms with Crippen LogP contribution in [-0.4, -0.2) is 18.2 Å². The second kappa shape index (κ2) is 8.98. The number of anilines is 1. The van der Waals surface area contributed by atoms with Crippen LogP contribution < -0.4 is 26.2 Å². The molecular formula is C25H25FN4O2. The van der Waals surface area contributed by atoms with Gasteiger partial charge in [-0.25, -0.2) is 15.2 Å². The zero-order chi connectivity index (χ0) is 21.9. The fourth-order valence-electron chi connectivity index (χ4n) is 4.47. The van der Waals surface area contributed by atoms with Crippen LogP contribution in [0.3, 0.4) is 0 Å². The molecule has 3 aromatic rings. The number of nitrogens with one attached hydrogen (secondary N) is 4.